The quantitative estimate of drug-likeness (QED) is 0.678. The lowest BCUT2D eigenvalue weighted by molar-refractivity contribution is 0.317. The first-order valence-electron chi connectivity index (χ1n) is 8.30. The maximum atomic E-state index is 13.5. The van der Waals surface area contributed by atoms with E-state index in [1.54, 1.807) is 23.6 Å². The van der Waals surface area contributed by atoms with E-state index in [0.29, 0.717) is 42.8 Å². The van der Waals surface area contributed by atoms with Gasteiger partial charge in [0.1, 0.15) is 13.0 Å². The van der Waals surface area contributed by atoms with Gasteiger partial charge in [-0.15, -0.1) is 0 Å². The van der Waals surface area contributed by atoms with E-state index in [-0.39, 0.29) is 10.1 Å². The third-order valence-corrected chi connectivity index (χ3v) is 7.98. The molecule has 3 aromatic rings. The fourth-order valence-corrected chi connectivity index (χ4v) is 5.98. The van der Waals surface area contributed by atoms with E-state index >= 15 is 0 Å². The Bertz CT molecular complexity index is 1040. The van der Waals surface area contributed by atoms with E-state index in [9.17, 15) is 12.8 Å². The molecule has 1 aliphatic heterocycles. The van der Waals surface area contributed by atoms with Gasteiger partial charge in [0.15, 0.2) is 9.86 Å². The predicted molar refractivity (Wildman–Crippen MR) is 95.4 cm³/mol. The Morgan fingerprint density at radius 3 is 2.73 bits per heavy atom. The molecule has 0 spiro atoms. The van der Waals surface area contributed by atoms with Crippen LogP contribution in [0.2, 0.25) is 0 Å². The largest absolute Gasteiger partial charge is 0.254 e. The molecule has 0 atom stereocenters. The van der Waals surface area contributed by atoms with E-state index in [2.05, 4.69) is 14.5 Å². The summed E-state index contributed by atoms with van der Waals surface area (Å²) in [7, 11) is -3.50. The van der Waals surface area contributed by atoms with Gasteiger partial charge in [0.2, 0.25) is 0 Å². The molecule has 0 N–H and O–H groups in total. The monoisotopic (exact) mass is 395 g/mol. The van der Waals surface area contributed by atoms with Gasteiger partial charge in [0, 0.05) is 19.3 Å². The second kappa shape index (κ2) is 6.67. The minimum atomic E-state index is -3.50. The van der Waals surface area contributed by atoms with Crippen molar-refractivity contribution in [2.75, 3.05) is 13.1 Å². The molecule has 0 radical (unpaired) electrons. The van der Waals surface area contributed by atoms with Gasteiger partial charge < -0.3 is 0 Å². The molecule has 0 aliphatic carbocycles. The van der Waals surface area contributed by atoms with Gasteiger partial charge in [0.05, 0.1) is 5.69 Å². The molecule has 4 rings (SSSR count). The highest BCUT2D eigenvalue weighted by Gasteiger charge is 2.32. The lowest BCUT2D eigenvalue weighted by Gasteiger charge is -2.31. The van der Waals surface area contributed by atoms with Gasteiger partial charge in [-0.1, -0.05) is 0 Å². The smallest absolute Gasteiger partial charge is 0.246 e. The van der Waals surface area contributed by atoms with E-state index in [1.807, 2.05) is 6.20 Å². The number of fused-ring (bicyclic) bond motifs is 1. The van der Waals surface area contributed by atoms with Crippen LogP contribution < -0.4 is 0 Å². The first-order chi connectivity index (χ1) is 12.5. The average Bonchev–Trinajstić information content (AvgIpc) is 3.29. The van der Waals surface area contributed by atoms with Crippen molar-refractivity contribution in [3.8, 4) is 0 Å². The van der Waals surface area contributed by atoms with Crippen LogP contribution in [0.5, 0.6) is 0 Å². The predicted octanol–water partition coefficient (Wildman–Crippen LogP) is 2.53. The number of sulfonamides is 1. The molecule has 1 saturated heterocycles. The summed E-state index contributed by atoms with van der Waals surface area (Å²) in [5, 5.41) is 4.12. The average molecular weight is 395 g/mol. The topological polar surface area (TPSA) is 80.5 Å². The van der Waals surface area contributed by atoms with Crippen LogP contribution in [0.25, 0.3) is 5.65 Å². The zero-order chi connectivity index (χ0) is 18.3. The Morgan fingerprint density at radius 2 is 2.08 bits per heavy atom. The Balaban J connectivity index is 1.55. The molecule has 7 nitrogen and oxygen atoms in total. The van der Waals surface area contributed by atoms with Gasteiger partial charge in [-0.05, 0) is 60.5 Å². The van der Waals surface area contributed by atoms with E-state index in [1.165, 1.54) is 10.6 Å². The minimum Gasteiger partial charge on any atom is -0.246 e. The van der Waals surface area contributed by atoms with Gasteiger partial charge in [-0.25, -0.2) is 22.3 Å². The normalized spacial score (nSPS) is 17.2. The molecular formula is C16H18FN5O2S2. The number of rotatable bonds is 4. The molecule has 0 amide bonds. The number of nitrogens with zero attached hydrogens (tertiary/aromatic N) is 5. The van der Waals surface area contributed by atoms with Crippen molar-refractivity contribution in [1.82, 2.24) is 23.3 Å². The summed E-state index contributed by atoms with van der Waals surface area (Å²) in [6.07, 6.45) is 4.54. The molecule has 0 bridgehead atoms. The maximum absolute atomic E-state index is 13.5. The highest BCUT2D eigenvalue weighted by atomic mass is 32.2. The van der Waals surface area contributed by atoms with Crippen LogP contribution in [-0.4, -0.2) is 44.8 Å². The number of hydrogen-bond donors (Lipinski definition) is 0. The second-order valence-corrected chi connectivity index (χ2v) is 9.39. The molecule has 0 saturated carbocycles. The molecule has 4 heterocycles. The van der Waals surface area contributed by atoms with Gasteiger partial charge in [-0.2, -0.15) is 13.8 Å². The summed E-state index contributed by atoms with van der Waals surface area (Å²) in [4.78, 5) is 4.09. The van der Waals surface area contributed by atoms with Crippen LogP contribution in [-0.2, 0) is 16.7 Å². The first-order valence-corrected chi connectivity index (χ1v) is 10.5. The summed E-state index contributed by atoms with van der Waals surface area (Å²) < 4.78 is 46.4. The Morgan fingerprint density at radius 1 is 1.31 bits per heavy atom. The highest BCUT2D eigenvalue weighted by molar-refractivity contribution is 7.91. The molecular weight excluding hydrogens is 377 g/mol. The van der Waals surface area contributed by atoms with Crippen molar-refractivity contribution < 1.29 is 12.8 Å². The molecule has 0 aromatic carbocycles. The van der Waals surface area contributed by atoms with Crippen molar-refractivity contribution in [3.63, 3.8) is 0 Å². The van der Waals surface area contributed by atoms with Crippen molar-refractivity contribution in [3.05, 3.63) is 41.5 Å². The van der Waals surface area contributed by atoms with Crippen molar-refractivity contribution in [1.29, 1.82) is 0 Å². The van der Waals surface area contributed by atoms with Crippen LogP contribution in [0, 0.1) is 6.92 Å². The standard InChI is InChI=1S/C16H18FN5O2S2/c1-11-6-16(25-20-11)26(23,24)21-4-2-12(3-5-21)14-9-22-15(18-10-19-22)7-13(14)8-17/h6-7,9-10,12H,2-5,8H2,1H3. The Kier molecular flexibility index (Phi) is 4.49. The summed E-state index contributed by atoms with van der Waals surface area (Å²) in [6.45, 7) is 2.02. The first kappa shape index (κ1) is 17.5. The van der Waals surface area contributed by atoms with Crippen LogP contribution in [0.4, 0.5) is 4.39 Å². The lowest BCUT2D eigenvalue weighted by Crippen LogP contribution is -2.37. The van der Waals surface area contributed by atoms with Crippen LogP contribution in [0.1, 0.15) is 35.6 Å². The minimum absolute atomic E-state index is 0.101. The summed E-state index contributed by atoms with van der Waals surface area (Å²) in [5.41, 5.74) is 2.81. The van der Waals surface area contributed by atoms with Crippen molar-refractivity contribution in [2.24, 2.45) is 0 Å². The van der Waals surface area contributed by atoms with Crippen molar-refractivity contribution >= 4 is 27.2 Å². The summed E-state index contributed by atoms with van der Waals surface area (Å²) in [6, 6.07) is 3.32. The van der Waals surface area contributed by atoms with Gasteiger partial charge in [0.25, 0.3) is 10.0 Å². The Labute approximate surface area is 154 Å². The van der Waals surface area contributed by atoms with Gasteiger partial charge in [-0.3, -0.25) is 0 Å². The SMILES string of the molecule is Cc1cc(S(=O)(=O)N2CCC(c3cn4ncnc4cc3CF)CC2)sn1. The van der Waals surface area contributed by atoms with Gasteiger partial charge >= 0.3 is 0 Å². The zero-order valence-corrected chi connectivity index (χ0v) is 15.8. The molecule has 1 aliphatic rings. The number of alkyl halides is 1. The molecule has 3 aromatic heterocycles. The fraction of sp³-hybridized carbons (Fsp3) is 0.438. The molecule has 138 valence electrons. The maximum Gasteiger partial charge on any atom is 0.254 e. The summed E-state index contributed by atoms with van der Waals surface area (Å²) in [5.74, 6) is 0.101. The van der Waals surface area contributed by atoms with Crippen LogP contribution >= 0.6 is 11.5 Å². The van der Waals surface area contributed by atoms with Crippen molar-refractivity contribution in [2.45, 2.75) is 36.6 Å². The third kappa shape index (κ3) is 3.01. The number of piperidine rings is 1. The highest BCUT2D eigenvalue weighted by Crippen LogP contribution is 2.33. The number of hydrogen-bond acceptors (Lipinski definition) is 6. The molecule has 10 heteroatoms. The molecule has 1 fully saturated rings. The zero-order valence-electron chi connectivity index (χ0n) is 14.2. The number of halogens is 1. The third-order valence-electron chi connectivity index (χ3n) is 4.77. The lowest BCUT2D eigenvalue weighted by atomic mass is 9.88. The van der Waals surface area contributed by atoms with Crippen LogP contribution in [0.3, 0.4) is 0 Å². The number of aryl methyl sites for hydroxylation is 1. The van der Waals surface area contributed by atoms with Crippen LogP contribution in [0.15, 0.2) is 28.9 Å². The Hall–Kier alpha value is -1.91. The van der Waals surface area contributed by atoms with E-state index < -0.39 is 16.7 Å². The van der Waals surface area contributed by atoms with E-state index in [0.717, 1.165) is 17.1 Å². The molecule has 26 heavy (non-hydrogen) atoms. The van der Waals surface area contributed by atoms with E-state index in [4.69, 9.17) is 0 Å². The second-order valence-electron chi connectivity index (χ2n) is 6.42. The number of pyridine rings is 1. The number of aromatic nitrogens is 4. The fourth-order valence-electron chi connectivity index (χ4n) is 3.40. The summed E-state index contributed by atoms with van der Waals surface area (Å²) >= 11 is 1.01. The molecule has 0 unspecified atom stereocenters.